The molecule has 0 bridgehead atoms. The lowest BCUT2D eigenvalue weighted by Gasteiger charge is -2.14. The van der Waals surface area contributed by atoms with Crippen molar-refractivity contribution in [2.45, 2.75) is 38.4 Å². The summed E-state index contributed by atoms with van der Waals surface area (Å²) in [6, 6.07) is 10.8. The van der Waals surface area contributed by atoms with Gasteiger partial charge in [0.1, 0.15) is 5.84 Å². The Morgan fingerprint density at radius 2 is 1.84 bits per heavy atom. The average Bonchev–Trinajstić information content (AvgIpc) is 3.31. The normalized spacial score (nSPS) is 18.4. The number of halogens is 3. The number of aliphatic imine (C=N–C) groups is 1. The van der Waals surface area contributed by atoms with Gasteiger partial charge in [0, 0.05) is 11.8 Å². The molecular weight excluding hydrogens is 415 g/mol. The van der Waals surface area contributed by atoms with E-state index in [1.807, 2.05) is 18.2 Å². The lowest BCUT2D eigenvalue weighted by atomic mass is 10.0. The number of H-pyrrole nitrogens is 1. The lowest BCUT2D eigenvalue weighted by Crippen LogP contribution is -2.13. The minimum Gasteiger partial charge on any atom is -0.360 e. The van der Waals surface area contributed by atoms with Crippen LogP contribution in [0.4, 0.5) is 19.1 Å². The maximum atomic E-state index is 13.7. The number of nitrogens with zero attached hydrogens (tertiary/aromatic N) is 3. The maximum absolute atomic E-state index is 13.7. The number of nitrogens with one attached hydrogen (secondary N) is 2. The molecule has 1 aliphatic heterocycles. The number of hydrogen-bond acceptors (Lipinski definition) is 4. The molecule has 3 heterocycles. The van der Waals surface area contributed by atoms with Gasteiger partial charge < -0.3 is 10.3 Å². The molecule has 0 saturated heterocycles. The largest absolute Gasteiger partial charge is 0.417 e. The zero-order valence-corrected chi connectivity index (χ0v) is 17.4. The second kappa shape index (κ2) is 7.93. The van der Waals surface area contributed by atoms with E-state index in [4.69, 9.17) is 4.99 Å². The monoisotopic (exact) mass is 437 g/mol. The van der Waals surface area contributed by atoms with Gasteiger partial charge in [0.15, 0.2) is 0 Å². The topological polar surface area (TPSA) is 66.0 Å². The van der Waals surface area contributed by atoms with E-state index in [0.29, 0.717) is 23.1 Å². The van der Waals surface area contributed by atoms with Crippen molar-refractivity contribution in [3.63, 3.8) is 0 Å². The number of benzene rings is 1. The van der Waals surface area contributed by atoms with Crippen LogP contribution in [0.25, 0.3) is 22.6 Å². The SMILES string of the molecule is CCC1N=C(Nc2nc(-c3ccc[nH]3)cc(-c3ccccc3C(F)(F)F)n2)C=C1C1CC1. The lowest BCUT2D eigenvalue weighted by molar-refractivity contribution is -0.137. The van der Waals surface area contributed by atoms with Crippen LogP contribution in [0, 0.1) is 5.92 Å². The van der Waals surface area contributed by atoms with E-state index in [1.54, 1.807) is 18.3 Å². The minimum atomic E-state index is -4.49. The summed E-state index contributed by atoms with van der Waals surface area (Å²) in [5.74, 6) is 1.45. The third kappa shape index (κ3) is 4.04. The molecule has 5 nitrogen and oxygen atoms in total. The Balaban J connectivity index is 1.57. The molecule has 2 aliphatic rings. The Kier molecular flexibility index (Phi) is 5.07. The van der Waals surface area contributed by atoms with Crippen LogP contribution in [0.15, 0.2) is 65.3 Å². The van der Waals surface area contributed by atoms with Crippen LogP contribution in [-0.2, 0) is 6.18 Å². The maximum Gasteiger partial charge on any atom is 0.417 e. The van der Waals surface area contributed by atoms with Gasteiger partial charge in [0.05, 0.1) is 28.7 Å². The Labute approximate surface area is 183 Å². The van der Waals surface area contributed by atoms with Gasteiger partial charge in [-0.05, 0) is 61.1 Å². The molecule has 1 fully saturated rings. The molecule has 1 unspecified atom stereocenters. The highest BCUT2D eigenvalue weighted by Crippen LogP contribution is 2.41. The van der Waals surface area contributed by atoms with Gasteiger partial charge >= 0.3 is 6.18 Å². The smallest absolute Gasteiger partial charge is 0.360 e. The van der Waals surface area contributed by atoms with Crippen molar-refractivity contribution < 1.29 is 13.2 Å². The van der Waals surface area contributed by atoms with Crippen LogP contribution in [0.1, 0.15) is 31.7 Å². The van der Waals surface area contributed by atoms with Gasteiger partial charge in [-0.3, -0.25) is 4.99 Å². The van der Waals surface area contributed by atoms with Gasteiger partial charge in [-0.15, -0.1) is 0 Å². The van der Waals surface area contributed by atoms with Crippen LogP contribution in [0.5, 0.6) is 0 Å². The first-order chi connectivity index (χ1) is 15.4. The summed E-state index contributed by atoms with van der Waals surface area (Å²) in [7, 11) is 0. The summed E-state index contributed by atoms with van der Waals surface area (Å²) in [4.78, 5) is 16.8. The number of rotatable bonds is 5. The summed E-state index contributed by atoms with van der Waals surface area (Å²) >= 11 is 0. The van der Waals surface area contributed by atoms with E-state index in [0.717, 1.165) is 12.5 Å². The van der Waals surface area contributed by atoms with E-state index < -0.39 is 11.7 Å². The van der Waals surface area contributed by atoms with Crippen LogP contribution in [-0.4, -0.2) is 26.8 Å². The summed E-state index contributed by atoms with van der Waals surface area (Å²) < 4.78 is 41.0. The first kappa shape index (κ1) is 20.5. The van der Waals surface area contributed by atoms with Gasteiger partial charge in [0.25, 0.3) is 0 Å². The van der Waals surface area contributed by atoms with Crippen LogP contribution >= 0.6 is 0 Å². The number of alkyl halides is 3. The Morgan fingerprint density at radius 3 is 2.53 bits per heavy atom. The number of amidine groups is 1. The van der Waals surface area contributed by atoms with E-state index in [2.05, 4.69) is 27.2 Å². The number of aromatic amines is 1. The molecule has 164 valence electrons. The molecule has 0 spiro atoms. The summed E-state index contributed by atoms with van der Waals surface area (Å²) in [6.07, 6.45) is 2.56. The summed E-state index contributed by atoms with van der Waals surface area (Å²) in [5, 5.41) is 3.14. The van der Waals surface area contributed by atoms with Crippen molar-refractivity contribution in [2.75, 3.05) is 5.32 Å². The standard InChI is InChI=1S/C24H22F3N5/c1-2-18-16(14-9-10-14)12-22(29-18)32-23-30-20(13-21(31-23)19-8-5-11-28-19)15-6-3-4-7-17(15)24(25,26)27/h3-8,11-14,18,28H,2,9-10H2,1H3,(H,29,30,31,32). The number of aromatic nitrogens is 3. The zero-order chi connectivity index (χ0) is 22.3. The van der Waals surface area contributed by atoms with Gasteiger partial charge in [-0.1, -0.05) is 25.1 Å². The van der Waals surface area contributed by atoms with Gasteiger partial charge in [-0.25, -0.2) is 9.97 Å². The average molecular weight is 437 g/mol. The van der Waals surface area contributed by atoms with Crippen molar-refractivity contribution in [3.05, 3.63) is 65.9 Å². The molecule has 8 heteroatoms. The molecule has 1 aromatic carbocycles. The molecule has 1 aliphatic carbocycles. The fourth-order valence-corrected chi connectivity index (χ4v) is 4.07. The van der Waals surface area contributed by atoms with Crippen LogP contribution < -0.4 is 5.32 Å². The molecule has 0 radical (unpaired) electrons. The van der Waals surface area contributed by atoms with E-state index >= 15 is 0 Å². The summed E-state index contributed by atoms with van der Waals surface area (Å²) in [6.45, 7) is 2.10. The second-order valence-corrected chi connectivity index (χ2v) is 8.07. The predicted octanol–water partition coefficient (Wildman–Crippen LogP) is 6.10. The van der Waals surface area contributed by atoms with Crippen LogP contribution in [0.2, 0.25) is 0 Å². The molecule has 1 atom stereocenters. The van der Waals surface area contributed by atoms with Crippen molar-refractivity contribution in [3.8, 4) is 22.6 Å². The molecule has 32 heavy (non-hydrogen) atoms. The number of anilines is 1. The fraction of sp³-hybridized carbons (Fsp3) is 0.292. The molecule has 5 rings (SSSR count). The van der Waals surface area contributed by atoms with Crippen molar-refractivity contribution in [1.29, 1.82) is 0 Å². The quantitative estimate of drug-likeness (QED) is 0.507. The van der Waals surface area contributed by atoms with E-state index in [1.165, 1.54) is 30.5 Å². The highest BCUT2D eigenvalue weighted by atomic mass is 19.4. The van der Waals surface area contributed by atoms with Crippen LogP contribution in [0.3, 0.4) is 0 Å². The molecule has 1 saturated carbocycles. The molecule has 0 amide bonds. The highest BCUT2D eigenvalue weighted by molar-refractivity contribution is 6.05. The third-order valence-electron chi connectivity index (χ3n) is 5.77. The Hall–Kier alpha value is -3.42. The minimum absolute atomic E-state index is 0.00673. The van der Waals surface area contributed by atoms with Gasteiger partial charge in [0.2, 0.25) is 5.95 Å². The Morgan fingerprint density at radius 1 is 1.06 bits per heavy atom. The summed E-state index contributed by atoms with van der Waals surface area (Å²) in [5.41, 5.74) is 1.97. The third-order valence-corrected chi connectivity index (χ3v) is 5.77. The van der Waals surface area contributed by atoms with Crippen molar-refractivity contribution in [2.24, 2.45) is 10.9 Å². The molecule has 2 aromatic heterocycles. The first-order valence-electron chi connectivity index (χ1n) is 10.7. The predicted molar refractivity (Wildman–Crippen MR) is 118 cm³/mol. The second-order valence-electron chi connectivity index (χ2n) is 8.07. The van der Waals surface area contributed by atoms with Gasteiger partial charge in [-0.2, -0.15) is 13.2 Å². The Bertz CT molecular complexity index is 1190. The highest BCUT2D eigenvalue weighted by Gasteiger charge is 2.35. The van der Waals surface area contributed by atoms with Crippen molar-refractivity contribution in [1.82, 2.24) is 15.0 Å². The van der Waals surface area contributed by atoms with E-state index in [-0.39, 0.29) is 23.2 Å². The number of hydrogen-bond donors (Lipinski definition) is 2. The fourth-order valence-electron chi connectivity index (χ4n) is 4.07. The van der Waals surface area contributed by atoms with E-state index in [9.17, 15) is 13.2 Å². The first-order valence-corrected chi connectivity index (χ1v) is 10.7. The van der Waals surface area contributed by atoms with Crippen molar-refractivity contribution >= 4 is 11.8 Å². The molecule has 3 aromatic rings. The molecular formula is C24H22F3N5. The zero-order valence-electron chi connectivity index (χ0n) is 17.4. The molecule has 2 N–H and O–H groups in total.